The zero-order valence-electron chi connectivity index (χ0n) is 13.0. The standard InChI is InChI=1S/C18H25FOP2/c1-2-17(14-8-4-3-5-9-14)20-16-12-6-10-15(11-7-13-16)18(19,21)22/h3-8,10,12-14,16-17H,2,9,11,21-22H2,1H3/b12-6?,13-7-,15-10+/t14?,16?,17-/m1/s1. The van der Waals surface area contributed by atoms with Crippen LogP contribution in [0.25, 0.3) is 0 Å². The van der Waals surface area contributed by atoms with E-state index >= 15 is 0 Å². The lowest BCUT2D eigenvalue weighted by molar-refractivity contribution is 0.00831. The number of halogens is 1. The Bertz CT molecular complexity index is 512. The number of alkyl halides is 1. The summed E-state index contributed by atoms with van der Waals surface area (Å²) in [7, 11) is 4.44. The van der Waals surface area contributed by atoms with Gasteiger partial charge in [0.2, 0.25) is 0 Å². The number of ether oxygens (including phenoxy) is 1. The molecule has 0 spiro atoms. The summed E-state index contributed by atoms with van der Waals surface area (Å²) in [6, 6.07) is 0. The molecule has 0 saturated heterocycles. The quantitative estimate of drug-likeness (QED) is 0.501. The van der Waals surface area contributed by atoms with E-state index in [0.717, 1.165) is 18.4 Å². The molecule has 2 aliphatic carbocycles. The Morgan fingerprint density at radius 2 is 2.05 bits per heavy atom. The third kappa shape index (κ3) is 5.27. The van der Waals surface area contributed by atoms with Crippen molar-refractivity contribution in [3.8, 4) is 0 Å². The van der Waals surface area contributed by atoms with Crippen LogP contribution in [-0.4, -0.2) is 17.4 Å². The lowest BCUT2D eigenvalue weighted by Gasteiger charge is -2.27. The van der Waals surface area contributed by atoms with E-state index in [4.69, 9.17) is 4.74 Å². The molecule has 0 amide bonds. The molecule has 0 aromatic rings. The summed E-state index contributed by atoms with van der Waals surface area (Å²) in [5.74, 6) is 0.436. The van der Waals surface area contributed by atoms with Gasteiger partial charge in [0.05, 0.1) is 12.2 Å². The van der Waals surface area contributed by atoms with Crippen molar-refractivity contribution in [2.45, 2.75) is 43.5 Å². The van der Waals surface area contributed by atoms with Gasteiger partial charge in [-0.05, 0) is 24.8 Å². The molecule has 4 unspecified atom stereocenters. The van der Waals surface area contributed by atoms with Gasteiger partial charge in [-0.3, -0.25) is 0 Å². The van der Waals surface area contributed by atoms with E-state index in [9.17, 15) is 4.39 Å². The maximum Gasteiger partial charge on any atom is 0.157 e. The first kappa shape index (κ1) is 17.8. The first-order valence-corrected chi connectivity index (χ1v) is 8.96. The van der Waals surface area contributed by atoms with Crippen molar-refractivity contribution in [2.75, 3.05) is 0 Å². The molecule has 0 N–H and O–H groups in total. The number of hydrogen-bond acceptors (Lipinski definition) is 1. The second-order valence-corrected chi connectivity index (χ2v) is 8.08. The van der Waals surface area contributed by atoms with Crippen molar-refractivity contribution < 1.29 is 9.13 Å². The number of rotatable bonds is 5. The number of hydrogen-bond donors (Lipinski definition) is 0. The Hall–Kier alpha value is -0.550. The van der Waals surface area contributed by atoms with Gasteiger partial charge in [0, 0.05) is 5.92 Å². The Morgan fingerprint density at radius 3 is 2.68 bits per heavy atom. The Balaban J connectivity index is 2.01. The molecule has 120 valence electrons. The van der Waals surface area contributed by atoms with Crippen LogP contribution in [0.2, 0.25) is 0 Å². The molecule has 0 radical (unpaired) electrons. The van der Waals surface area contributed by atoms with Crippen molar-refractivity contribution >= 4 is 18.5 Å². The van der Waals surface area contributed by atoms with Crippen LogP contribution in [0.15, 0.2) is 60.3 Å². The highest BCUT2D eigenvalue weighted by atomic mass is 31.1. The first-order valence-electron chi connectivity index (χ1n) is 7.80. The molecule has 0 heterocycles. The van der Waals surface area contributed by atoms with Gasteiger partial charge in [-0.25, -0.2) is 4.39 Å². The second kappa shape index (κ2) is 8.34. The van der Waals surface area contributed by atoms with E-state index in [1.54, 1.807) is 0 Å². The van der Waals surface area contributed by atoms with Gasteiger partial charge in [-0.15, -0.1) is 0 Å². The van der Waals surface area contributed by atoms with E-state index in [1.165, 1.54) is 0 Å². The third-order valence-electron chi connectivity index (χ3n) is 3.98. The molecule has 0 aromatic heterocycles. The van der Waals surface area contributed by atoms with Gasteiger partial charge in [0.1, 0.15) is 0 Å². The Labute approximate surface area is 137 Å². The van der Waals surface area contributed by atoms with Crippen molar-refractivity contribution in [1.82, 2.24) is 0 Å². The summed E-state index contributed by atoms with van der Waals surface area (Å²) in [4.78, 5) is 0. The Kier molecular flexibility index (Phi) is 6.75. The normalized spacial score (nSPS) is 30.3. The average molecular weight is 338 g/mol. The molecule has 0 bridgehead atoms. The molecule has 1 nitrogen and oxygen atoms in total. The predicted octanol–water partition coefficient (Wildman–Crippen LogP) is 5.10. The predicted molar refractivity (Wildman–Crippen MR) is 99.6 cm³/mol. The van der Waals surface area contributed by atoms with Crippen LogP contribution < -0.4 is 0 Å². The van der Waals surface area contributed by atoms with E-state index in [1.807, 2.05) is 30.4 Å². The van der Waals surface area contributed by atoms with E-state index in [0.29, 0.717) is 12.3 Å². The van der Waals surface area contributed by atoms with E-state index < -0.39 is 5.15 Å². The fraction of sp³-hybridized carbons (Fsp3) is 0.444. The van der Waals surface area contributed by atoms with E-state index in [-0.39, 0.29) is 12.2 Å². The van der Waals surface area contributed by atoms with Crippen molar-refractivity contribution in [2.24, 2.45) is 5.92 Å². The monoisotopic (exact) mass is 338 g/mol. The first-order chi connectivity index (χ1) is 10.5. The minimum atomic E-state index is -1.44. The molecule has 2 rings (SSSR count). The van der Waals surface area contributed by atoms with Gasteiger partial charge < -0.3 is 4.74 Å². The minimum absolute atomic E-state index is 0.0508. The SMILES string of the molecule is CC[C@@H](OC1C=C/C=C(/C(F)(P)P)C/C=C\1)C1C=CC=CC1. The molecule has 5 atom stereocenters. The van der Waals surface area contributed by atoms with Crippen LogP contribution in [0, 0.1) is 5.92 Å². The highest BCUT2D eigenvalue weighted by molar-refractivity contribution is 7.40. The summed E-state index contributed by atoms with van der Waals surface area (Å²) in [6.45, 7) is 2.16. The lowest BCUT2D eigenvalue weighted by Crippen LogP contribution is -2.26. The van der Waals surface area contributed by atoms with Crippen LogP contribution in [0.3, 0.4) is 0 Å². The molecular formula is C18H25FOP2. The summed E-state index contributed by atoms with van der Waals surface area (Å²) >= 11 is 0. The highest BCUT2D eigenvalue weighted by Crippen LogP contribution is 2.38. The van der Waals surface area contributed by atoms with Gasteiger partial charge in [0.25, 0.3) is 0 Å². The summed E-state index contributed by atoms with van der Waals surface area (Å²) in [6.07, 6.45) is 21.1. The molecular weight excluding hydrogens is 313 g/mol. The zero-order chi connectivity index (χ0) is 16.0. The summed E-state index contributed by atoms with van der Waals surface area (Å²) < 4.78 is 20.2. The maximum absolute atomic E-state index is 13.9. The fourth-order valence-electron chi connectivity index (χ4n) is 2.69. The topological polar surface area (TPSA) is 9.23 Å². The van der Waals surface area contributed by atoms with Gasteiger partial charge in [0.15, 0.2) is 5.15 Å². The zero-order valence-corrected chi connectivity index (χ0v) is 15.3. The van der Waals surface area contributed by atoms with Gasteiger partial charge in [-0.2, -0.15) is 0 Å². The van der Waals surface area contributed by atoms with Crippen molar-refractivity contribution in [3.05, 3.63) is 60.3 Å². The molecule has 4 heteroatoms. The largest absolute Gasteiger partial charge is 0.366 e. The van der Waals surface area contributed by atoms with Crippen LogP contribution >= 0.6 is 18.5 Å². The average Bonchev–Trinajstić information content (AvgIpc) is 2.46. The summed E-state index contributed by atoms with van der Waals surface area (Å²) in [5, 5.41) is -1.44. The van der Waals surface area contributed by atoms with Crippen molar-refractivity contribution in [3.63, 3.8) is 0 Å². The summed E-state index contributed by atoms with van der Waals surface area (Å²) in [5.41, 5.74) is 0.723. The van der Waals surface area contributed by atoms with Crippen LogP contribution in [0.1, 0.15) is 26.2 Å². The smallest absolute Gasteiger partial charge is 0.157 e. The van der Waals surface area contributed by atoms with Gasteiger partial charge >= 0.3 is 0 Å². The number of allylic oxidation sites excluding steroid dienone is 7. The Morgan fingerprint density at radius 1 is 1.23 bits per heavy atom. The lowest BCUT2D eigenvalue weighted by atomic mass is 9.93. The molecule has 0 fully saturated rings. The van der Waals surface area contributed by atoms with Crippen LogP contribution in [-0.2, 0) is 4.74 Å². The minimum Gasteiger partial charge on any atom is -0.366 e. The molecule has 0 saturated carbocycles. The second-order valence-electron chi connectivity index (χ2n) is 5.74. The fourth-order valence-corrected chi connectivity index (χ4v) is 3.12. The third-order valence-corrected chi connectivity index (χ3v) is 4.72. The molecule has 0 aliphatic heterocycles. The molecule has 2 aliphatic rings. The molecule has 0 aromatic carbocycles. The van der Waals surface area contributed by atoms with Crippen LogP contribution in [0.5, 0.6) is 0 Å². The highest BCUT2D eigenvalue weighted by Gasteiger charge is 2.23. The van der Waals surface area contributed by atoms with Gasteiger partial charge in [-0.1, -0.05) is 80.1 Å². The molecule has 22 heavy (non-hydrogen) atoms. The van der Waals surface area contributed by atoms with Crippen molar-refractivity contribution in [1.29, 1.82) is 0 Å². The van der Waals surface area contributed by atoms with E-state index in [2.05, 4.69) is 49.7 Å². The maximum atomic E-state index is 13.9. The van der Waals surface area contributed by atoms with Crippen LogP contribution in [0.4, 0.5) is 4.39 Å².